The van der Waals surface area contributed by atoms with Gasteiger partial charge in [-0.25, -0.2) is 4.39 Å². The molecule has 0 unspecified atom stereocenters. The fourth-order valence-electron chi connectivity index (χ4n) is 1.46. The third kappa shape index (κ3) is 1.47. The second-order valence-corrected chi connectivity index (χ2v) is 3.01. The molecule has 1 heterocycles. The lowest BCUT2D eigenvalue weighted by Crippen LogP contribution is -2.21. The highest BCUT2D eigenvalue weighted by Crippen LogP contribution is 2.16. The van der Waals surface area contributed by atoms with E-state index in [1.54, 1.807) is 12.1 Å². The number of hydrogen-bond donors (Lipinski definition) is 2. The predicted octanol–water partition coefficient (Wildman–Crippen LogP) is 1.02. The molecule has 64 valence electrons. The van der Waals surface area contributed by atoms with Crippen molar-refractivity contribution >= 4 is 0 Å². The zero-order valence-electron chi connectivity index (χ0n) is 6.68. The van der Waals surface area contributed by atoms with Crippen LogP contribution in [0.3, 0.4) is 0 Å². The molecular formula is C9H11FN2. The maximum atomic E-state index is 12.8. The number of hydrazine groups is 1. The van der Waals surface area contributed by atoms with Gasteiger partial charge in [-0.1, -0.05) is 12.1 Å². The minimum Gasteiger partial charge on any atom is -0.257 e. The van der Waals surface area contributed by atoms with Crippen molar-refractivity contribution in [1.82, 2.24) is 10.9 Å². The summed E-state index contributed by atoms with van der Waals surface area (Å²) in [4.78, 5) is 0. The SMILES string of the molecule is Fc1cccc(C2CNNC2)c1. The van der Waals surface area contributed by atoms with Crippen molar-refractivity contribution in [3.8, 4) is 0 Å². The normalized spacial score (nSPS) is 18.4. The third-order valence-corrected chi connectivity index (χ3v) is 2.14. The largest absolute Gasteiger partial charge is 0.257 e. The molecule has 12 heavy (non-hydrogen) atoms. The van der Waals surface area contributed by atoms with Gasteiger partial charge >= 0.3 is 0 Å². The van der Waals surface area contributed by atoms with E-state index >= 15 is 0 Å². The van der Waals surface area contributed by atoms with Gasteiger partial charge in [0, 0.05) is 19.0 Å². The smallest absolute Gasteiger partial charge is 0.123 e. The molecule has 1 aromatic carbocycles. The first-order chi connectivity index (χ1) is 5.86. The van der Waals surface area contributed by atoms with Crippen LogP contribution in [-0.2, 0) is 0 Å². The van der Waals surface area contributed by atoms with Crippen LogP contribution < -0.4 is 10.9 Å². The highest BCUT2D eigenvalue weighted by Gasteiger charge is 2.15. The number of rotatable bonds is 1. The number of benzene rings is 1. The first-order valence-electron chi connectivity index (χ1n) is 4.07. The van der Waals surface area contributed by atoms with E-state index < -0.39 is 0 Å². The fraction of sp³-hybridized carbons (Fsp3) is 0.333. The Balaban J connectivity index is 2.21. The summed E-state index contributed by atoms with van der Waals surface area (Å²) in [5.41, 5.74) is 7.10. The average molecular weight is 166 g/mol. The standard InChI is InChI=1S/C9H11FN2/c10-9-3-1-2-7(4-9)8-5-11-12-6-8/h1-4,8,11-12H,5-6H2. The summed E-state index contributed by atoms with van der Waals surface area (Å²) in [6, 6.07) is 6.78. The van der Waals surface area contributed by atoms with Crippen molar-refractivity contribution in [2.24, 2.45) is 0 Å². The molecule has 3 heteroatoms. The van der Waals surface area contributed by atoms with E-state index in [9.17, 15) is 4.39 Å². The van der Waals surface area contributed by atoms with Gasteiger partial charge in [0.1, 0.15) is 5.82 Å². The van der Waals surface area contributed by atoms with Crippen LogP contribution in [0.1, 0.15) is 11.5 Å². The molecule has 1 fully saturated rings. The Hall–Kier alpha value is -0.930. The summed E-state index contributed by atoms with van der Waals surface area (Å²) in [6.07, 6.45) is 0. The van der Waals surface area contributed by atoms with E-state index in [0.717, 1.165) is 18.7 Å². The molecule has 1 saturated heterocycles. The molecular weight excluding hydrogens is 155 g/mol. The fourth-order valence-corrected chi connectivity index (χ4v) is 1.46. The van der Waals surface area contributed by atoms with E-state index in [0.29, 0.717) is 5.92 Å². The Kier molecular flexibility index (Phi) is 2.06. The molecule has 1 aliphatic heterocycles. The Morgan fingerprint density at radius 3 is 2.67 bits per heavy atom. The molecule has 2 rings (SSSR count). The zero-order valence-corrected chi connectivity index (χ0v) is 6.68. The van der Waals surface area contributed by atoms with Gasteiger partial charge in [0.25, 0.3) is 0 Å². The highest BCUT2D eigenvalue weighted by atomic mass is 19.1. The maximum absolute atomic E-state index is 12.8. The minimum absolute atomic E-state index is 0.153. The highest BCUT2D eigenvalue weighted by molar-refractivity contribution is 5.22. The van der Waals surface area contributed by atoms with E-state index in [1.165, 1.54) is 6.07 Å². The summed E-state index contributed by atoms with van der Waals surface area (Å²) in [7, 11) is 0. The van der Waals surface area contributed by atoms with E-state index in [-0.39, 0.29) is 5.82 Å². The van der Waals surface area contributed by atoms with E-state index in [2.05, 4.69) is 10.9 Å². The van der Waals surface area contributed by atoms with Crippen LogP contribution in [0.15, 0.2) is 24.3 Å². The zero-order chi connectivity index (χ0) is 8.39. The Bertz CT molecular complexity index is 269. The average Bonchev–Trinajstić information content (AvgIpc) is 2.56. The minimum atomic E-state index is -0.153. The lowest BCUT2D eigenvalue weighted by molar-refractivity contribution is 0.622. The van der Waals surface area contributed by atoms with Crippen molar-refractivity contribution in [2.75, 3.05) is 13.1 Å². The predicted molar refractivity (Wildman–Crippen MR) is 45.1 cm³/mol. The molecule has 1 aliphatic rings. The molecule has 2 N–H and O–H groups in total. The van der Waals surface area contributed by atoms with Crippen molar-refractivity contribution in [2.45, 2.75) is 5.92 Å². The van der Waals surface area contributed by atoms with Crippen molar-refractivity contribution < 1.29 is 4.39 Å². The second-order valence-electron chi connectivity index (χ2n) is 3.01. The molecule has 0 spiro atoms. The second kappa shape index (κ2) is 3.21. The van der Waals surface area contributed by atoms with Gasteiger partial charge in [0.15, 0.2) is 0 Å². The summed E-state index contributed by atoms with van der Waals surface area (Å²) >= 11 is 0. The van der Waals surface area contributed by atoms with Crippen LogP contribution >= 0.6 is 0 Å². The van der Waals surface area contributed by atoms with Crippen LogP contribution in [0.5, 0.6) is 0 Å². The lowest BCUT2D eigenvalue weighted by atomic mass is 10.0. The van der Waals surface area contributed by atoms with Gasteiger partial charge in [-0.2, -0.15) is 0 Å². The summed E-state index contributed by atoms with van der Waals surface area (Å²) in [6.45, 7) is 1.76. The van der Waals surface area contributed by atoms with Crippen LogP contribution in [0.4, 0.5) is 4.39 Å². The Labute approximate surface area is 70.8 Å². The lowest BCUT2D eigenvalue weighted by Gasteiger charge is -2.06. The quantitative estimate of drug-likeness (QED) is 0.650. The molecule has 2 nitrogen and oxygen atoms in total. The van der Waals surface area contributed by atoms with E-state index in [4.69, 9.17) is 0 Å². The molecule has 0 bridgehead atoms. The molecule has 0 aliphatic carbocycles. The van der Waals surface area contributed by atoms with Crippen molar-refractivity contribution in [3.05, 3.63) is 35.6 Å². The molecule has 0 atom stereocenters. The Morgan fingerprint density at radius 1 is 1.25 bits per heavy atom. The van der Waals surface area contributed by atoms with Crippen LogP contribution in [0, 0.1) is 5.82 Å². The molecule has 0 saturated carbocycles. The summed E-state index contributed by atoms with van der Waals surface area (Å²) in [5.74, 6) is 0.250. The van der Waals surface area contributed by atoms with Gasteiger partial charge in [-0.3, -0.25) is 10.9 Å². The van der Waals surface area contributed by atoms with Crippen LogP contribution in [0.25, 0.3) is 0 Å². The number of hydrogen-bond acceptors (Lipinski definition) is 2. The molecule has 0 aromatic heterocycles. The third-order valence-electron chi connectivity index (χ3n) is 2.14. The monoisotopic (exact) mass is 166 g/mol. The summed E-state index contributed by atoms with van der Waals surface area (Å²) in [5, 5.41) is 0. The van der Waals surface area contributed by atoms with Gasteiger partial charge < -0.3 is 0 Å². The van der Waals surface area contributed by atoms with E-state index in [1.807, 2.05) is 6.07 Å². The van der Waals surface area contributed by atoms with Crippen LogP contribution in [0.2, 0.25) is 0 Å². The maximum Gasteiger partial charge on any atom is 0.123 e. The molecule has 0 radical (unpaired) electrons. The Morgan fingerprint density at radius 2 is 2.00 bits per heavy atom. The van der Waals surface area contributed by atoms with Gasteiger partial charge in [-0.05, 0) is 17.7 Å². The van der Waals surface area contributed by atoms with Crippen molar-refractivity contribution in [3.63, 3.8) is 0 Å². The molecule has 1 aromatic rings. The topological polar surface area (TPSA) is 24.1 Å². The van der Waals surface area contributed by atoms with Crippen molar-refractivity contribution in [1.29, 1.82) is 0 Å². The first-order valence-corrected chi connectivity index (χ1v) is 4.07. The summed E-state index contributed by atoms with van der Waals surface area (Å²) < 4.78 is 12.8. The van der Waals surface area contributed by atoms with Gasteiger partial charge in [0.05, 0.1) is 0 Å². The first kappa shape index (κ1) is 7.71. The number of halogens is 1. The molecule has 0 amide bonds. The van der Waals surface area contributed by atoms with Gasteiger partial charge in [0.2, 0.25) is 0 Å². The van der Waals surface area contributed by atoms with Gasteiger partial charge in [-0.15, -0.1) is 0 Å². The van der Waals surface area contributed by atoms with Crippen LogP contribution in [-0.4, -0.2) is 13.1 Å². The number of nitrogens with one attached hydrogen (secondary N) is 2.